The van der Waals surface area contributed by atoms with Crippen molar-refractivity contribution in [2.45, 2.75) is 52.0 Å². The van der Waals surface area contributed by atoms with Crippen molar-refractivity contribution in [1.82, 2.24) is 0 Å². The molecule has 0 heterocycles. The monoisotopic (exact) mass is 229 g/mol. The topological polar surface area (TPSA) is 26.0 Å². The first-order valence-electron chi connectivity index (χ1n) is 6.11. The molecule has 0 aromatic rings. The number of nitrogens with two attached hydrogens (primary N) is 1. The normalized spacial score (nSPS) is 13.1. The zero-order valence-corrected chi connectivity index (χ0v) is 11.2. The van der Waals surface area contributed by atoms with Crippen molar-refractivity contribution in [2.75, 3.05) is 11.5 Å². The summed E-state index contributed by atoms with van der Waals surface area (Å²) in [7, 11) is 0. The summed E-state index contributed by atoms with van der Waals surface area (Å²) in [4.78, 5) is 0. The maximum absolute atomic E-state index is 6.03. The van der Waals surface area contributed by atoms with Crippen LogP contribution in [0.5, 0.6) is 0 Å². The van der Waals surface area contributed by atoms with Crippen LogP contribution in [0, 0.1) is 5.92 Å². The smallest absolute Gasteiger partial charge is 0.0130 e. The molecule has 1 unspecified atom stereocenters. The molecular weight excluding hydrogens is 202 g/mol. The predicted molar refractivity (Wildman–Crippen MR) is 73.4 cm³/mol. The van der Waals surface area contributed by atoms with Crippen LogP contribution in [0.3, 0.4) is 0 Å². The molecule has 15 heavy (non-hydrogen) atoms. The van der Waals surface area contributed by atoms with E-state index in [-0.39, 0.29) is 0 Å². The van der Waals surface area contributed by atoms with Gasteiger partial charge in [-0.05, 0) is 30.9 Å². The van der Waals surface area contributed by atoms with Gasteiger partial charge in [-0.15, -0.1) is 6.58 Å². The van der Waals surface area contributed by atoms with Gasteiger partial charge in [0.1, 0.15) is 0 Å². The van der Waals surface area contributed by atoms with Gasteiger partial charge in [-0.3, -0.25) is 0 Å². The number of thioether (sulfide) groups is 1. The van der Waals surface area contributed by atoms with Gasteiger partial charge in [-0.2, -0.15) is 11.8 Å². The fourth-order valence-corrected chi connectivity index (χ4v) is 2.49. The van der Waals surface area contributed by atoms with Gasteiger partial charge in [0.2, 0.25) is 0 Å². The van der Waals surface area contributed by atoms with E-state index in [4.69, 9.17) is 5.73 Å². The number of allylic oxidation sites excluding steroid dienone is 1. The highest BCUT2D eigenvalue weighted by molar-refractivity contribution is 7.99. The van der Waals surface area contributed by atoms with E-state index >= 15 is 0 Å². The maximum Gasteiger partial charge on any atom is 0.0130 e. The molecule has 1 nitrogen and oxygen atoms in total. The Morgan fingerprint density at radius 1 is 1.20 bits per heavy atom. The minimum atomic E-state index is 0.400. The second-order valence-electron chi connectivity index (χ2n) is 4.62. The molecule has 0 rings (SSSR count). The van der Waals surface area contributed by atoms with Gasteiger partial charge in [0.25, 0.3) is 0 Å². The molecule has 0 radical (unpaired) electrons. The Balaban J connectivity index is 3.18. The molecule has 2 heteroatoms. The van der Waals surface area contributed by atoms with E-state index in [1.165, 1.54) is 31.4 Å². The van der Waals surface area contributed by atoms with Gasteiger partial charge in [0.15, 0.2) is 0 Å². The Bertz CT molecular complexity index is 145. The van der Waals surface area contributed by atoms with Crippen LogP contribution in [0.1, 0.15) is 46.0 Å². The summed E-state index contributed by atoms with van der Waals surface area (Å²) in [6.07, 6.45) is 8.18. The van der Waals surface area contributed by atoms with E-state index < -0.39 is 0 Å². The van der Waals surface area contributed by atoms with Crippen molar-refractivity contribution < 1.29 is 0 Å². The molecule has 0 aromatic heterocycles. The summed E-state index contributed by atoms with van der Waals surface area (Å²) < 4.78 is 0. The molecule has 0 bridgehead atoms. The third-order valence-electron chi connectivity index (χ3n) is 2.27. The SMILES string of the molecule is C=CCCCCCC(N)CSCC(C)C. The molecule has 0 fully saturated rings. The van der Waals surface area contributed by atoms with Crippen molar-refractivity contribution in [2.24, 2.45) is 11.7 Å². The average Bonchev–Trinajstić information content (AvgIpc) is 2.17. The van der Waals surface area contributed by atoms with Crippen molar-refractivity contribution in [1.29, 1.82) is 0 Å². The van der Waals surface area contributed by atoms with Crippen LogP contribution in [-0.4, -0.2) is 17.5 Å². The van der Waals surface area contributed by atoms with E-state index in [0.717, 1.165) is 18.1 Å². The fourth-order valence-electron chi connectivity index (χ4n) is 1.41. The zero-order chi connectivity index (χ0) is 11.5. The second-order valence-corrected chi connectivity index (χ2v) is 5.69. The van der Waals surface area contributed by atoms with E-state index in [0.29, 0.717) is 6.04 Å². The molecule has 0 aliphatic heterocycles. The number of rotatable bonds is 10. The molecule has 0 saturated heterocycles. The number of hydrogen-bond donors (Lipinski definition) is 1. The van der Waals surface area contributed by atoms with Crippen molar-refractivity contribution in [3.8, 4) is 0 Å². The van der Waals surface area contributed by atoms with Crippen LogP contribution < -0.4 is 5.73 Å². The van der Waals surface area contributed by atoms with Crippen molar-refractivity contribution in [3.63, 3.8) is 0 Å². The highest BCUT2D eigenvalue weighted by atomic mass is 32.2. The minimum Gasteiger partial charge on any atom is -0.327 e. The third kappa shape index (κ3) is 12.0. The Labute approximate surface area is 99.9 Å². The first kappa shape index (κ1) is 15.0. The first-order chi connectivity index (χ1) is 7.16. The van der Waals surface area contributed by atoms with Crippen molar-refractivity contribution in [3.05, 3.63) is 12.7 Å². The lowest BCUT2D eigenvalue weighted by atomic mass is 10.1. The lowest BCUT2D eigenvalue weighted by Gasteiger charge is -2.11. The van der Waals surface area contributed by atoms with Crippen LogP contribution >= 0.6 is 11.8 Å². The van der Waals surface area contributed by atoms with Crippen LogP contribution in [-0.2, 0) is 0 Å². The maximum atomic E-state index is 6.03. The minimum absolute atomic E-state index is 0.400. The Kier molecular flexibility index (Phi) is 10.6. The first-order valence-corrected chi connectivity index (χ1v) is 7.26. The summed E-state index contributed by atoms with van der Waals surface area (Å²) in [6, 6.07) is 0.400. The van der Waals surface area contributed by atoms with E-state index in [1.54, 1.807) is 0 Å². The summed E-state index contributed by atoms with van der Waals surface area (Å²) in [5.74, 6) is 3.15. The summed E-state index contributed by atoms with van der Waals surface area (Å²) in [6.45, 7) is 8.24. The van der Waals surface area contributed by atoms with Gasteiger partial charge in [0, 0.05) is 11.8 Å². The second kappa shape index (κ2) is 10.6. The fraction of sp³-hybridized carbons (Fsp3) is 0.846. The standard InChI is InChI=1S/C13H27NS/c1-4-5-6-7-8-9-13(14)11-15-10-12(2)3/h4,12-13H,1,5-11,14H2,2-3H3. The quantitative estimate of drug-likeness (QED) is 0.455. The molecule has 2 N–H and O–H groups in total. The highest BCUT2D eigenvalue weighted by Gasteiger charge is 2.03. The zero-order valence-electron chi connectivity index (χ0n) is 10.4. The molecule has 90 valence electrons. The average molecular weight is 229 g/mol. The predicted octanol–water partition coefficient (Wildman–Crippen LogP) is 3.84. The molecule has 0 aliphatic rings. The van der Waals surface area contributed by atoms with Gasteiger partial charge in [-0.25, -0.2) is 0 Å². The molecule has 0 aromatic carbocycles. The third-order valence-corrected chi connectivity index (χ3v) is 3.83. The van der Waals surface area contributed by atoms with Gasteiger partial charge >= 0.3 is 0 Å². The highest BCUT2D eigenvalue weighted by Crippen LogP contribution is 2.12. The molecule has 0 aliphatic carbocycles. The molecule has 0 amide bonds. The van der Waals surface area contributed by atoms with Crippen molar-refractivity contribution >= 4 is 11.8 Å². The van der Waals surface area contributed by atoms with Crippen LogP contribution in [0.25, 0.3) is 0 Å². The van der Waals surface area contributed by atoms with Gasteiger partial charge in [0.05, 0.1) is 0 Å². The van der Waals surface area contributed by atoms with E-state index in [9.17, 15) is 0 Å². The van der Waals surface area contributed by atoms with Crippen LogP contribution in [0.15, 0.2) is 12.7 Å². The summed E-state index contributed by atoms with van der Waals surface area (Å²) in [5, 5.41) is 0. The molecule has 1 atom stereocenters. The van der Waals surface area contributed by atoms with Crippen LogP contribution in [0.2, 0.25) is 0 Å². The Hall–Kier alpha value is 0.0500. The summed E-state index contributed by atoms with van der Waals surface area (Å²) >= 11 is 2.00. The molecular formula is C13H27NS. The molecule has 0 spiro atoms. The van der Waals surface area contributed by atoms with Crippen LogP contribution in [0.4, 0.5) is 0 Å². The van der Waals surface area contributed by atoms with Gasteiger partial charge < -0.3 is 5.73 Å². The molecule has 0 saturated carbocycles. The number of hydrogen-bond acceptors (Lipinski definition) is 2. The van der Waals surface area contributed by atoms with E-state index in [1.807, 2.05) is 17.8 Å². The van der Waals surface area contributed by atoms with Gasteiger partial charge in [-0.1, -0.05) is 32.8 Å². The largest absolute Gasteiger partial charge is 0.327 e. The lowest BCUT2D eigenvalue weighted by molar-refractivity contribution is 0.586. The summed E-state index contributed by atoms with van der Waals surface area (Å²) in [5.41, 5.74) is 6.03. The Morgan fingerprint density at radius 2 is 1.93 bits per heavy atom. The Morgan fingerprint density at radius 3 is 2.53 bits per heavy atom. The number of unbranched alkanes of at least 4 members (excludes halogenated alkanes) is 3. The lowest BCUT2D eigenvalue weighted by Crippen LogP contribution is -2.23. The van der Waals surface area contributed by atoms with E-state index in [2.05, 4.69) is 20.4 Å².